The van der Waals surface area contributed by atoms with Crippen LogP contribution in [0.25, 0.3) is 0 Å². The number of rotatable bonds is 4. The number of aromatic nitrogens is 2. The van der Waals surface area contributed by atoms with Gasteiger partial charge < -0.3 is 14.8 Å². The Bertz CT molecular complexity index is 340. The highest BCUT2D eigenvalue weighted by molar-refractivity contribution is 5.28. The van der Waals surface area contributed by atoms with E-state index in [1.165, 1.54) is 0 Å². The first kappa shape index (κ1) is 11.1. The lowest BCUT2D eigenvalue weighted by atomic mass is 10.0. The van der Waals surface area contributed by atoms with Crippen LogP contribution in [0.4, 0.5) is 5.95 Å². The molecule has 0 aromatic carbocycles. The van der Waals surface area contributed by atoms with Gasteiger partial charge in [-0.25, -0.2) is 4.98 Å². The van der Waals surface area contributed by atoms with Crippen LogP contribution in [-0.2, 0) is 4.74 Å². The van der Waals surface area contributed by atoms with E-state index >= 15 is 0 Å². The highest BCUT2D eigenvalue weighted by Gasteiger charge is 2.22. The standard InChI is InChI=1S/C11H17N3O2/c1-8(9-4-6-16-7-9)13-11-12-5-3-10(14-11)15-2/h3,5,8-9H,4,6-7H2,1-2H3,(H,12,13,14). The van der Waals surface area contributed by atoms with Gasteiger partial charge in [0.25, 0.3) is 0 Å². The second-order valence-electron chi connectivity index (χ2n) is 3.98. The first-order valence-corrected chi connectivity index (χ1v) is 5.51. The minimum atomic E-state index is 0.314. The Morgan fingerprint density at radius 2 is 2.50 bits per heavy atom. The Balaban J connectivity index is 1.96. The smallest absolute Gasteiger partial charge is 0.226 e. The van der Waals surface area contributed by atoms with Gasteiger partial charge in [0, 0.05) is 30.8 Å². The molecule has 16 heavy (non-hydrogen) atoms. The van der Waals surface area contributed by atoms with Crippen molar-refractivity contribution in [1.82, 2.24) is 9.97 Å². The molecule has 1 aliphatic heterocycles. The Kier molecular flexibility index (Phi) is 3.56. The molecule has 2 heterocycles. The van der Waals surface area contributed by atoms with Crippen LogP contribution in [0.3, 0.4) is 0 Å². The van der Waals surface area contributed by atoms with Gasteiger partial charge in [0.05, 0.1) is 13.7 Å². The first-order chi connectivity index (χ1) is 7.79. The monoisotopic (exact) mass is 223 g/mol. The Hall–Kier alpha value is -1.36. The molecule has 1 aliphatic rings. The van der Waals surface area contributed by atoms with E-state index in [4.69, 9.17) is 9.47 Å². The van der Waals surface area contributed by atoms with Crippen LogP contribution < -0.4 is 10.1 Å². The molecular formula is C11H17N3O2. The zero-order valence-corrected chi connectivity index (χ0v) is 9.64. The van der Waals surface area contributed by atoms with Crippen molar-refractivity contribution in [2.24, 2.45) is 5.92 Å². The molecule has 5 heteroatoms. The Morgan fingerprint density at radius 1 is 1.62 bits per heavy atom. The summed E-state index contributed by atoms with van der Waals surface area (Å²) >= 11 is 0. The molecule has 1 N–H and O–H groups in total. The normalized spacial score (nSPS) is 21.8. The lowest BCUT2D eigenvalue weighted by molar-refractivity contribution is 0.183. The summed E-state index contributed by atoms with van der Waals surface area (Å²) in [5.41, 5.74) is 0. The highest BCUT2D eigenvalue weighted by atomic mass is 16.5. The maximum absolute atomic E-state index is 5.36. The van der Waals surface area contributed by atoms with Crippen molar-refractivity contribution in [2.75, 3.05) is 25.6 Å². The van der Waals surface area contributed by atoms with Crippen molar-refractivity contribution in [1.29, 1.82) is 0 Å². The van der Waals surface area contributed by atoms with E-state index in [9.17, 15) is 0 Å². The average Bonchev–Trinajstić information content (AvgIpc) is 2.83. The number of nitrogens with zero attached hydrogens (tertiary/aromatic N) is 2. The summed E-state index contributed by atoms with van der Waals surface area (Å²) in [6.07, 6.45) is 2.78. The summed E-state index contributed by atoms with van der Waals surface area (Å²) in [5.74, 6) is 1.72. The fourth-order valence-corrected chi connectivity index (χ4v) is 1.79. The molecule has 0 saturated carbocycles. The summed E-state index contributed by atoms with van der Waals surface area (Å²) in [6, 6.07) is 2.05. The van der Waals surface area contributed by atoms with Gasteiger partial charge in [-0.15, -0.1) is 0 Å². The molecule has 0 bridgehead atoms. The first-order valence-electron chi connectivity index (χ1n) is 5.51. The van der Waals surface area contributed by atoms with Crippen molar-refractivity contribution in [3.8, 4) is 5.88 Å². The zero-order valence-electron chi connectivity index (χ0n) is 9.64. The molecule has 0 spiro atoms. The third-order valence-electron chi connectivity index (χ3n) is 2.87. The minimum absolute atomic E-state index is 0.314. The van der Waals surface area contributed by atoms with E-state index in [1.807, 2.05) is 0 Å². The summed E-state index contributed by atoms with van der Waals surface area (Å²) in [7, 11) is 1.60. The molecule has 1 saturated heterocycles. The molecule has 2 rings (SSSR count). The molecule has 5 nitrogen and oxygen atoms in total. The van der Waals surface area contributed by atoms with E-state index in [1.54, 1.807) is 19.4 Å². The van der Waals surface area contributed by atoms with Gasteiger partial charge in [-0.05, 0) is 13.3 Å². The van der Waals surface area contributed by atoms with Gasteiger partial charge in [-0.1, -0.05) is 0 Å². The predicted molar refractivity (Wildman–Crippen MR) is 60.6 cm³/mol. The van der Waals surface area contributed by atoms with Crippen LogP contribution in [0.15, 0.2) is 12.3 Å². The highest BCUT2D eigenvalue weighted by Crippen LogP contribution is 2.19. The van der Waals surface area contributed by atoms with E-state index in [0.29, 0.717) is 23.8 Å². The molecule has 2 unspecified atom stereocenters. The van der Waals surface area contributed by atoms with Crippen LogP contribution in [0.2, 0.25) is 0 Å². The number of methoxy groups -OCH3 is 1. The molecule has 1 fully saturated rings. The number of ether oxygens (including phenoxy) is 2. The van der Waals surface area contributed by atoms with Crippen molar-refractivity contribution < 1.29 is 9.47 Å². The number of nitrogens with one attached hydrogen (secondary N) is 1. The fraction of sp³-hybridized carbons (Fsp3) is 0.636. The molecule has 0 aliphatic carbocycles. The largest absolute Gasteiger partial charge is 0.481 e. The van der Waals surface area contributed by atoms with Crippen molar-refractivity contribution in [2.45, 2.75) is 19.4 Å². The topological polar surface area (TPSA) is 56.3 Å². The number of hydrogen-bond donors (Lipinski definition) is 1. The van der Waals surface area contributed by atoms with E-state index in [2.05, 4.69) is 22.2 Å². The molecule has 2 atom stereocenters. The summed E-state index contributed by atoms with van der Waals surface area (Å²) < 4.78 is 10.4. The second kappa shape index (κ2) is 5.12. The SMILES string of the molecule is COc1ccnc(NC(C)C2CCOC2)n1. The van der Waals surface area contributed by atoms with Crippen LogP contribution >= 0.6 is 0 Å². The molecule has 1 aromatic heterocycles. The van der Waals surface area contributed by atoms with Crippen molar-refractivity contribution >= 4 is 5.95 Å². The molecule has 0 radical (unpaired) electrons. The fourth-order valence-electron chi connectivity index (χ4n) is 1.79. The minimum Gasteiger partial charge on any atom is -0.481 e. The molecule has 1 aromatic rings. The molecule has 0 amide bonds. The zero-order chi connectivity index (χ0) is 11.4. The maximum Gasteiger partial charge on any atom is 0.226 e. The predicted octanol–water partition coefficient (Wildman–Crippen LogP) is 1.32. The second-order valence-corrected chi connectivity index (χ2v) is 3.98. The van der Waals surface area contributed by atoms with E-state index < -0.39 is 0 Å². The maximum atomic E-state index is 5.36. The van der Waals surface area contributed by atoms with Crippen molar-refractivity contribution in [3.05, 3.63) is 12.3 Å². The average molecular weight is 223 g/mol. The van der Waals surface area contributed by atoms with Gasteiger partial charge in [0.1, 0.15) is 0 Å². The van der Waals surface area contributed by atoms with Crippen LogP contribution in [-0.4, -0.2) is 36.3 Å². The third-order valence-corrected chi connectivity index (χ3v) is 2.87. The summed E-state index contributed by atoms with van der Waals surface area (Å²) in [4.78, 5) is 8.37. The lowest BCUT2D eigenvalue weighted by Crippen LogP contribution is -2.27. The van der Waals surface area contributed by atoms with Gasteiger partial charge in [0.2, 0.25) is 11.8 Å². The van der Waals surface area contributed by atoms with Gasteiger partial charge >= 0.3 is 0 Å². The van der Waals surface area contributed by atoms with Crippen LogP contribution in [0.1, 0.15) is 13.3 Å². The summed E-state index contributed by atoms with van der Waals surface area (Å²) in [5, 5.41) is 3.28. The Morgan fingerprint density at radius 3 is 3.19 bits per heavy atom. The number of anilines is 1. The Labute approximate surface area is 95.2 Å². The summed E-state index contributed by atoms with van der Waals surface area (Å²) in [6.45, 7) is 3.80. The van der Waals surface area contributed by atoms with Crippen LogP contribution in [0.5, 0.6) is 5.88 Å². The third kappa shape index (κ3) is 2.61. The van der Waals surface area contributed by atoms with Crippen LogP contribution in [0, 0.1) is 5.92 Å². The van der Waals surface area contributed by atoms with Gasteiger partial charge in [-0.3, -0.25) is 0 Å². The quantitative estimate of drug-likeness (QED) is 0.834. The van der Waals surface area contributed by atoms with Gasteiger partial charge in [-0.2, -0.15) is 4.98 Å². The molecular weight excluding hydrogens is 206 g/mol. The van der Waals surface area contributed by atoms with E-state index in [0.717, 1.165) is 19.6 Å². The molecule has 88 valence electrons. The lowest BCUT2D eigenvalue weighted by Gasteiger charge is -2.19. The van der Waals surface area contributed by atoms with Gasteiger partial charge in [0.15, 0.2) is 0 Å². The van der Waals surface area contributed by atoms with E-state index in [-0.39, 0.29) is 0 Å². The van der Waals surface area contributed by atoms with Crippen molar-refractivity contribution in [3.63, 3.8) is 0 Å². The number of hydrogen-bond acceptors (Lipinski definition) is 5.